The fraction of sp³-hybridized carbons (Fsp3) is 0.556. The van der Waals surface area contributed by atoms with Gasteiger partial charge in [-0.25, -0.2) is 9.19 Å². The predicted molar refractivity (Wildman–Crippen MR) is 66.4 cm³/mol. The summed E-state index contributed by atoms with van der Waals surface area (Å²) in [5.74, 6) is 0.680. The molecule has 84 valence electrons. The molecule has 0 radical (unpaired) electrons. The van der Waals surface area contributed by atoms with Crippen LogP contribution in [0.2, 0.25) is 0 Å². The number of hydrogen-bond donors (Lipinski definition) is 0. The molecule has 0 unspecified atom stereocenters. The van der Waals surface area contributed by atoms with Crippen LogP contribution in [0.25, 0.3) is 0 Å². The Balaban J connectivity index is 2.83. The summed E-state index contributed by atoms with van der Waals surface area (Å²) in [6.45, 7) is 5.65. The molecule has 0 bridgehead atoms. The second-order valence-corrected chi connectivity index (χ2v) is 6.84. The molecule has 0 saturated carbocycles. The highest BCUT2D eigenvalue weighted by Gasteiger charge is 2.18. The highest BCUT2D eigenvalue weighted by atomic mass is 79.9. The Morgan fingerprint density at radius 1 is 1.60 bits per heavy atom. The van der Waals surface area contributed by atoms with E-state index in [-0.39, 0.29) is 4.75 Å². The molecule has 6 heteroatoms. The van der Waals surface area contributed by atoms with Gasteiger partial charge in [-0.1, -0.05) is 0 Å². The number of hydrogen-bond acceptors (Lipinski definition) is 2. The minimum atomic E-state index is -1.24. The maximum atomic E-state index is 11.6. The van der Waals surface area contributed by atoms with E-state index < -0.39 is 11.0 Å². The topological polar surface area (TPSA) is 47.2 Å². The van der Waals surface area contributed by atoms with Crippen LogP contribution in [-0.4, -0.2) is 24.7 Å². The first-order chi connectivity index (χ1) is 6.82. The fourth-order valence-electron chi connectivity index (χ4n) is 0.775. The van der Waals surface area contributed by atoms with E-state index in [1.807, 2.05) is 32.4 Å². The summed E-state index contributed by atoms with van der Waals surface area (Å²) >= 11 is 3.33. The van der Waals surface area contributed by atoms with Crippen molar-refractivity contribution in [2.24, 2.45) is 11.4 Å². The maximum absolute atomic E-state index is 11.6. The number of nitrogens with zero attached hydrogens (tertiary/aromatic N) is 3. The Labute approximate surface area is 101 Å². The lowest BCUT2D eigenvalue weighted by atomic mass is 10.3. The summed E-state index contributed by atoms with van der Waals surface area (Å²) in [6, 6.07) is 0. The Morgan fingerprint density at radius 3 is 2.60 bits per heavy atom. The molecule has 0 aliphatic heterocycles. The van der Waals surface area contributed by atoms with Gasteiger partial charge in [0.1, 0.15) is 15.6 Å². The zero-order valence-corrected chi connectivity index (χ0v) is 11.6. The van der Waals surface area contributed by atoms with E-state index in [0.29, 0.717) is 5.82 Å². The summed E-state index contributed by atoms with van der Waals surface area (Å²) in [4.78, 5) is 4.10. The Morgan fingerprint density at radius 2 is 2.20 bits per heavy atom. The van der Waals surface area contributed by atoms with Crippen molar-refractivity contribution >= 4 is 33.1 Å². The van der Waals surface area contributed by atoms with Gasteiger partial charge in [-0.05, 0) is 36.7 Å². The van der Waals surface area contributed by atoms with Gasteiger partial charge >= 0.3 is 0 Å². The minimum Gasteiger partial charge on any atom is -0.321 e. The smallest absolute Gasteiger partial charge is 0.152 e. The van der Waals surface area contributed by atoms with Gasteiger partial charge in [0.15, 0.2) is 5.82 Å². The van der Waals surface area contributed by atoms with Crippen molar-refractivity contribution in [3.05, 3.63) is 16.6 Å². The largest absolute Gasteiger partial charge is 0.321 e. The van der Waals surface area contributed by atoms with Crippen LogP contribution in [0, 0.1) is 0 Å². The van der Waals surface area contributed by atoms with Crippen molar-refractivity contribution in [2.45, 2.75) is 25.5 Å². The molecule has 4 nitrogen and oxygen atoms in total. The Bertz CT molecular complexity index is 406. The molecule has 0 amide bonds. The third kappa shape index (κ3) is 3.24. The fourth-order valence-corrected chi connectivity index (χ4v) is 1.57. The van der Waals surface area contributed by atoms with Crippen molar-refractivity contribution in [1.82, 2.24) is 9.55 Å². The number of halogens is 1. The zero-order valence-electron chi connectivity index (χ0n) is 9.19. The van der Waals surface area contributed by atoms with Crippen molar-refractivity contribution in [2.75, 3.05) is 0 Å². The van der Waals surface area contributed by atoms with E-state index in [2.05, 4.69) is 25.3 Å². The van der Waals surface area contributed by atoms with Gasteiger partial charge in [0.05, 0.1) is 17.2 Å². The van der Waals surface area contributed by atoms with Crippen LogP contribution in [-0.2, 0) is 18.0 Å². The third-order valence-electron chi connectivity index (χ3n) is 1.76. The molecule has 0 fully saturated rings. The lowest BCUT2D eigenvalue weighted by Crippen LogP contribution is -2.19. The molecule has 0 aromatic carbocycles. The third-order valence-corrected chi connectivity index (χ3v) is 3.84. The molecule has 1 aromatic heterocycles. The maximum Gasteiger partial charge on any atom is 0.152 e. The second kappa shape index (κ2) is 4.57. The quantitative estimate of drug-likeness (QED) is 0.783. The Hall–Kier alpha value is -0.490. The van der Waals surface area contributed by atoms with Crippen molar-refractivity contribution in [1.29, 1.82) is 0 Å². The number of aromatic nitrogens is 2. The molecule has 0 saturated heterocycles. The monoisotopic (exact) mass is 291 g/mol. The average Bonchev–Trinajstić information content (AvgIpc) is 2.43. The molecule has 0 aliphatic rings. The molecular weight excluding hydrogens is 278 g/mol. The summed E-state index contributed by atoms with van der Waals surface area (Å²) in [5.41, 5.74) is 0. The van der Waals surface area contributed by atoms with Gasteiger partial charge in [0.2, 0.25) is 0 Å². The van der Waals surface area contributed by atoms with E-state index in [9.17, 15) is 4.21 Å². The SMILES string of the molecule is Cn1c(Br)cnc1C=N[S@](=O)C(C)(C)C. The van der Waals surface area contributed by atoms with Gasteiger partial charge in [0.25, 0.3) is 0 Å². The summed E-state index contributed by atoms with van der Waals surface area (Å²) in [6.07, 6.45) is 3.22. The number of rotatable bonds is 2. The van der Waals surface area contributed by atoms with Gasteiger partial charge in [0, 0.05) is 7.05 Å². The first kappa shape index (κ1) is 12.6. The van der Waals surface area contributed by atoms with Gasteiger partial charge in [-0.2, -0.15) is 4.40 Å². The Kier molecular flexibility index (Phi) is 3.83. The van der Waals surface area contributed by atoms with Crippen molar-refractivity contribution in [3.8, 4) is 0 Å². The van der Waals surface area contributed by atoms with Crippen molar-refractivity contribution < 1.29 is 4.21 Å². The molecule has 15 heavy (non-hydrogen) atoms. The van der Waals surface area contributed by atoms with Crippen LogP contribution in [0.1, 0.15) is 26.6 Å². The average molecular weight is 292 g/mol. The van der Waals surface area contributed by atoms with Crippen LogP contribution in [0.3, 0.4) is 0 Å². The van der Waals surface area contributed by atoms with Crippen molar-refractivity contribution in [3.63, 3.8) is 0 Å². The predicted octanol–water partition coefficient (Wildman–Crippen LogP) is 2.06. The molecule has 1 heterocycles. The van der Waals surface area contributed by atoms with Gasteiger partial charge in [-0.15, -0.1) is 0 Å². The second-order valence-electron chi connectivity index (χ2n) is 4.09. The molecule has 1 atom stereocenters. The highest BCUT2D eigenvalue weighted by Crippen LogP contribution is 2.13. The molecule has 1 rings (SSSR count). The van der Waals surface area contributed by atoms with E-state index >= 15 is 0 Å². The summed E-state index contributed by atoms with van der Waals surface area (Å²) < 4.78 is 18.0. The lowest BCUT2D eigenvalue weighted by molar-refractivity contribution is 0.651. The van der Waals surface area contributed by atoms with Gasteiger partial charge < -0.3 is 4.57 Å². The molecule has 0 N–H and O–H groups in total. The summed E-state index contributed by atoms with van der Waals surface area (Å²) in [5, 5.41) is 0. The van der Waals surface area contributed by atoms with Crippen LogP contribution in [0.15, 0.2) is 15.2 Å². The molecule has 0 spiro atoms. The molecule has 1 aromatic rings. The highest BCUT2D eigenvalue weighted by molar-refractivity contribution is 9.10. The van der Waals surface area contributed by atoms with Crippen LogP contribution >= 0.6 is 15.9 Å². The van der Waals surface area contributed by atoms with Crippen LogP contribution < -0.4 is 0 Å². The van der Waals surface area contributed by atoms with E-state index in [1.54, 1.807) is 6.20 Å². The first-order valence-corrected chi connectivity index (χ1v) is 6.35. The molecular formula is C9H14BrN3OS. The van der Waals surface area contributed by atoms with E-state index in [0.717, 1.165) is 4.60 Å². The normalized spacial score (nSPS) is 14.7. The first-order valence-electron chi connectivity index (χ1n) is 4.45. The lowest BCUT2D eigenvalue weighted by Gasteiger charge is -2.12. The zero-order chi connectivity index (χ0) is 11.6. The van der Waals surface area contributed by atoms with E-state index in [1.165, 1.54) is 6.21 Å². The minimum absolute atomic E-state index is 0.334. The van der Waals surface area contributed by atoms with Crippen LogP contribution in [0.5, 0.6) is 0 Å². The standard InChI is InChI=1S/C9H14BrN3OS/c1-9(2,3)15(14)12-6-8-11-5-7(10)13(8)4/h5-6H,1-4H3/t15-/m1/s1. The molecule has 0 aliphatic carbocycles. The van der Waals surface area contributed by atoms with E-state index in [4.69, 9.17) is 0 Å². The summed E-state index contributed by atoms with van der Waals surface area (Å²) in [7, 11) is 0.624. The number of imidazole rings is 1. The van der Waals surface area contributed by atoms with Crippen LogP contribution in [0.4, 0.5) is 0 Å². The van der Waals surface area contributed by atoms with Gasteiger partial charge in [-0.3, -0.25) is 0 Å².